The second kappa shape index (κ2) is 8.56. The molecule has 0 bridgehead atoms. The van der Waals surface area contributed by atoms with Crippen molar-refractivity contribution < 1.29 is 4.74 Å². The van der Waals surface area contributed by atoms with Crippen LogP contribution in [-0.4, -0.2) is 6.10 Å². The molecular weight excluding hydrogens is 232 g/mol. The first-order chi connectivity index (χ1) is 9.17. The van der Waals surface area contributed by atoms with Crippen molar-refractivity contribution in [2.45, 2.75) is 46.3 Å². The number of terminal acetylenes is 1. The van der Waals surface area contributed by atoms with E-state index in [0.717, 1.165) is 12.8 Å². The number of hydrogen-bond acceptors (Lipinski definition) is 1. The summed E-state index contributed by atoms with van der Waals surface area (Å²) in [5.74, 6) is 3.04. The fourth-order valence-electron chi connectivity index (χ4n) is 1.90. The lowest BCUT2D eigenvalue weighted by Crippen LogP contribution is -2.13. The highest BCUT2D eigenvalue weighted by Gasteiger charge is 2.09. The minimum atomic E-state index is 0.185. The second-order valence-electron chi connectivity index (χ2n) is 4.95. The van der Waals surface area contributed by atoms with Gasteiger partial charge in [-0.15, -0.1) is 12.3 Å². The SMILES string of the molecule is C#C[C@H](C)C/C=C(\C)[C@H](CC)OCc1ccccc1. The molecule has 0 amide bonds. The molecule has 19 heavy (non-hydrogen) atoms. The first-order valence-corrected chi connectivity index (χ1v) is 6.95. The van der Waals surface area contributed by atoms with E-state index >= 15 is 0 Å². The van der Waals surface area contributed by atoms with Crippen molar-refractivity contribution in [2.75, 3.05) is 0 Å². The molecule has 0 aromatic heterocycles. The number of benzene rings is 1. The van der Waals surface area contributed by atoms with Gasteiger partial charge >= 0.3 is 0 Å². The van der Waals surface area contributed by atoms with Crippen molar-refractivity contribution >= 4 is 0 Å². The molecule has 0 saturated carbocycles. The summed E-state index contributed by atoms with van der Waals surface area (Å²) in [5.41, 5.74) is 2.49. The van der Waals surface area contributed by atoms with Gasteiger partial charge in [0.25, 0.3) is 0 Å². The molecule has 0 radical (unpaired) electrons. The lowest BCUT2D eigenvalue weighted by atomic mass is 10.0. The van der Waals surface area contributed by atoms with E-state index < -0.39 is 0 Å². The average Bonchev–Trinajstić information content (AvgIpc) is 2.46. The Morgan fingerprint density at radius 2 is 2.05 bits per heavy atom. The first kappa shape index (κ1) is 15.5. The summed E-state index contributed by atoms with van der Waals surface area (Å²) in [7, 11) is 0. The Kier molecular flexibility index (Phi) is 7.00. The Hall–Kier alpha value is -1.52. The van der Waals surface area contributed by atoms with Crippen LogP contribution in [0.25, 0.3) is 0 Å². The summed E-state index contributed by atoms with van der Waals surface area (Å²) in [6.45, 7) is 7.00. The van der Waals surface area contributed by atoms with Crippen LogP contribution in [0.15, 0.2) is 42.0 Å². The zero-order valence-corrected chi connectivity index (χ0v) is 12.2. The molecule has 1 rings (SSSR count). The summed E-state index contributed by atoms with van der Waals surface area (Å²) in [5, 5.41) is 0. The van der Waals surface area contributed by atoms with E-state index in [4.69, 9.17) is 11.2 Å². The Morgan fingerprint density at radius 3 is 2.63 bits per heavy atom. The smallest absolute Gasteiger partial charge is 0.0784 e. The maximum absolute atomic E-state index is 5.99. The van der Waals surface area contributed by atoms with Gasteiger partial charge in [-0.25, -0.2) is 0 Å². The van der Waals surface area contributed by atoms with Gasteiger partial charge in [0, 0.05) is 5.92 Å². The number of allylic oxidation sites excluding steroid dienone is 1. The van der Waals surface area contributed by atoms with Crippen LogP contribution in [0.1, 0.15) is 39.2 Å². The van der Waals surface area contributed by atoms with Crippen molar-refractivity contribution in [2.24, 2.45) is 5.92 Å². The molecule has 1 nitrogen and oxygen atoms in total. The molecule has 0 N–H and O–H groups in total. The monoisotopic (exact) mass is 256 g/mol. The van der Waals surface area contributed by atoms with E-state index in [1.54, 1.807) is 0 Å². The molecule has 1 aromatic carbocycles. The van der Waals surface area contributed by atoms with E-state index in [-0.39, 0.29) is 6.10 Å². The molecule has 0 fully saturated rings. The van der Waals surface area contributed by atoms with Crippen molar-refractivity contribution in [3.63, 3.8) is 0 Å². The van der Waals surface area contributed by atoms with Gasteiger partial charge in [0.2, 0.25) is 0 Å². The minimum Gasteiger partial charge on any atom is -0.369 e. The Labute approximate surface area is 117 Å². The Morgan fingerprint density at radius 1 is 1.37 bits per heavy atom. The third kappa shape index (κ3) is 5.77. The molecule has 0 aliphatic carbocycles. The van der Waals surface area contributed by atoms with Crippen molar-refractivity contribution in [3.05, 3.63) is 47.5 Å². The van der Waals surface area contributed by atoms with Crippen LogP contribution in [0, 0.1) is 18.3 Å². The van der Waals surface area contributed by atoms with Crippen LogP contribution in [-0.2, 0) is 11.3 Å². The van der Waals surface area contributed by atoms with E-state index in [1.165, 1.54) is 11.1 Å². The van der Waals surface area contributed by atoms with Gasteiger partial charge < -0.3 is 4.74 Å². The zero-order valence-electron chi connectivity index (χ0n) is 12.2. The lowest BCUT2D eigenvalue weighted by Gasteiger charge is -2.17. The highest BCUT2D eigenvalue weighted by Crippen LogP contribution is 2.15. The van der Waals surface area contributed by atoms with Crippen LogP contribution < -0.4 is 0 Å². The standard InChI is InChI=1S/C18H24O/c1-5-15(3)12-13-16(4)18(6-2)19-14-17-10-8-7-9-11-17/h1,7-11,13,15,18H,6,12,14H2,2-4H3/b16-13+/t15-,18-/m0/s1. The topological polar surface area (TPSA) is 9.23 Å². The van der Waals surface area contributed by atoms with Crippen LogP contribution in [0.3, 0.4) is 0 Å². The number of hydrogen-bond donors (Lipinski definition) is 0. The Bertz CT molecular complexity index is 425. The Balaban J connectivity index is 2.51. The second-order valence-corrected chi connectivity index (χ2v) is 4.95. The lowest BCUT2D eigenvalue weighted by molar-refractivity contribution is 0.0618. The quantitative estimate of drug-likeness (QED) is 0.512. The van der Waals surface area contributed by atoms with E-state index in [1.807, 2.05) is 18.2 Å². The van der Waals surface area contributed by atoms with Gasteiger partial charge in [0.15, 0.2) is 0 Å². The maximum Gasteiger partial charge on any atom is 0.0784 e. The summed E-state index contributed by atoms with van der Waals surface area (Å²) in [6.07, 6.45) is 9.70. The van der Waals surface area contributed by atoms with Crippen LogP contribution in [0.5, 0.6) is 0 Å². The van der Waals surface area contributed by atoms with Gasteiger partial charge in [-0.05, 0) is 30.9 Å². The van der Waals surface area contributed by atoms with Crippen molar-refractivity contribution in [1.29, 1.82) is 0 Å². The zero-order chi connectivity index (χ0) is 14.1. The van der Waals surface area contributed by atoms with Gasteiger partial charge in [-0.3, -0.25) is 0 Å². The summed E-state index contributed by atoms with van der Waals surface area (Å²) in [6, 6.07) is 10.3. The molecule has 0 heterocycles. The normalized spacial score (nSPS) is 14.7. The molecule has 0 unspecified atom stereocenters. The summed E-state index contributed by atoms with van der Waals surface area (Å²) in [4.78, 5) is 0. The highest BCUT2D eigenvalue weighted by atomic mass is 16.5. The molecular formula is C18H24O. The van der Waals surface area contributed by atoms with E-state index in [9.17, 15) is 0 Å². The van der Waals surface area contributed by atoms with Gasteiger partial charge in [0.05, 0.1) is 12.7 Å². The van der Waals surface area contributed by atoms with Gasteiger partial charge in [-0.2, -0.15) is 0 Å². The number of ether oxygens (including phenoxy) is 1. The fraction of sp³-hybridized carbons (Fsp3) is 0.444. The largest absolute Gasteiger partial charge is 0.369 e. The molecule has 2 atom stereocenters. The third-order valence-corrected chi connectivity index (χ3v) is 3.25. The third-order valence-electron chi connectivity index (χ3n) is 3.25. The summed E-state index contributed by atoms with van der Waals surface area (Å²) >= 11 is 0. The fourth-order valence-corrected chi connectivity index (χ4v) is 1.90. The molecule has 1 aromatic rings. The van der Waals surface area contributed by atoms with Crippen molar-refractivity contribution in [3.8, 4) is 12.3 Å². The van der Waals surface area contributed by atoms with Crippen molar-refractivity contribution in [1.82, 2.24) is 0 Å². The van der Waals surface area contributed by atoms with Gasteiger partial charge in [-0.1, -0.05) is 50.3 Å². The van der Waals surface area contributed by atoms with Crippen LogP contribution in [0.2, 0.25) is 0 Å². The van der Waals surface area contributed by atoms with Crippen LogP contribution in [0.4, 0.5) is 0 Å². The minimum absolute atomic E-state index is 0.185. The van der Waals surface area contributed by atoms with E-state index in [2.05, 4.69) is 44.9 Å². The molecule has 0 saturated heterocycles. The molecule has 0 aliphatic heterocycles. The average molecular weight is 256 g/mol. The first-order valence-electron chi connectivity index (χ1n) is 6.95. The predicted octanol–water partition coefficient (Wildman–Crippen LogP) is 4.59. The summed E-state index contributed by atoms with van der Waals surface area (Å²) < 4.78 is 5.99. The predicted molar refractivity (Wildman–Crippen MR) is 81.7 cm³/mol. The van der Waals surface area contributed by atoms with Crippen LogP contribution >= 0.6 is 0 Å². The molecule has 0 spiro atoms. The van der Waals surface area contributed by atoms with E-state index in [0.29, 0.717) is 12.5 Å². The molecule has 0 aliphatic rings. The molecule has 102 valence electrons. The maximum atomic E-state index is 5.99. The number of rotatable bonds is 7. The molecule has 1 heteroatoms. The van der Waals surface area contributed by atoms with Gasteiger partial charge in [0.1, 0.15) is 0 Å². The highest BCUT2D eigenvalue weighted by molar-refractivity contribution is 5.14.